The third kappa shape index (κ3) is 4.99. The van der Waals surface area contributed by atoms with Gasteiger partial charge in [-0.25, -0.2) is 4.98 Å². The highest BCUT2D eigenvalue weighted by Crippen LogP contribution is 2.24. The lowest BCUT2D eigenvalue weighted by atomic mass is 9.95. The van der Waals surface area contributed by atoms with Gasteiger partial charge in [-0.2, -0.15) is 4.98 Å². The summed E-state index contributed by atoms with van der Waals surface area (Å²) in [6.07, 6.45) is 7.43. The lowest BCUT2D eigenvalue weighted by molar-refractivity contribution is 0.0927. The molecule has 5 nitrogen and oxygen atoms in total. The number of rotatable bonds is 5. The highest BCUT2D eigenvalue weighted by Gasteiger charge is 2.17. The molecule has 5 heteroatoms. The predicted molar refractivity (Wildman–Crippen MR) is 113 cm³/mol. The maximum Gasteiger partial charge on any atom is 0.251 e. The summed E-state index contributed by atoms with van der Waals surface area (Å²) in [4.78, 5) is 21.4. The van der Waals surface area contributed by atoms with E-state index in [1.54, 1.807) is 18.3 Å². The number of nitrogens with one attached hydrogen (secondary N) is 1. The van der Waals surface area contributed by atoms with Gasteiger partial charge in [0.05, 0.1) is 0 Å². The summed E-state index contributed by atoms with van der Waals surface area (Å²) in [5.41, 5.74) is 2.71. The highest BCUT2D eigenvalue weighted by atomic mass is 16.5. The topological polar surface area (TPSA) is 64.1 Å². The maximum absolute atomic E-state index is 12.6. The standard InChI is InChI=1S/C24H25N3O2/c1-17-10-12-18(13-11-17)23-25-15-14-22(27-23)29-21-9-5-6-19(16-21)24(28)26-20-7-3-2-4-8-20/h5-6,9-16,20H,2-4,7-8H2,1H3,(H,26,28). The molecule has 3 aromatic rings. The smallest absolute Gasteiger partial charge is 0.251 e. The van der Waals surface area contributed by atoms with Gasteiger partial charge in [-0.15, -0.1) is 0 Å². The second-order valence-electron chi connectivity index (χ2n) is 7.52. The van der Waals surface area contributed by atoms with Gasteiger partial charge in [-0.1, -0.05) is 55.2 Å². The van der Waals surface area contributed by atoms with Crippen molar-refractivity contribution in [2.24, 2.45) is 0 Å². The molecule has 1 saturated carbocycles. The largest absolute Gasteiger partial charge is 0.439 e. The van der Waals surface area contributed by atoms with Gasteiger partial charge in [0.25, 0.3) is 5.91 Å². The van der Waals surface area contributed by atoms with Crippen molar-refractivity contribution in [2.45, 2.75) is 45.1 Å². The van der Waals surface area contributed by atoms with Crippen LogP contribution in [0.2, 0.25) is 0 Å². The molecule has 0 bridgehead atoms. The van der Waals surface area contributed by atoms with Crippen LogP contribution in [0.15, 0.2) is 60.8 Å². The van der Waals surface area contributed by atoms with E-state index < -0.39 is 0 Å². The highest BCUT2D eigenvalue weighted by molar-refractivity contribution is 5.94. The molecule has 4 rings (SSSR count). The molecule has 2 aromatic carbocycles. The molecule has 1 aromatic heterocycles. The zero-order chi connectivity index (χ0) is 20.1. The van der Waals surface area contributed by atoms with Crippen LogP contribution in [0.25, 0.3) is 11.4 Å². The van der Waals surface area contributed by atoms with Crippen LogP contribution in [0.3, 0.4) is 0 Å². The first-order chi connectivity index (χ1) is 14.2. The number of ether oxygens (including phenoxy) is 1. The molecule has 1 aliphatic rings. The van der Waals surface area contributed by atoms with Gasteiger partial charge in [0, 0.05) is 29.4 Å². The molecule has 0 radical (unpaired) electrons. The van der Waals surface area contributed by atoms with Crippen LogP contribution in [0.5, 0.6) is 11.6 Å². The van der Waals surface area contributed by atoms with Crippen LogP contribution in [-0.2, 0) is 0 Å². The van der Waals surface area contributed by atoms with E-state index in [9.17, 15) is 4.79 Å². The normalized spacial score (nSPS) is 14.4. The first-order valence-corrected chi connectivity index (χ1v) is 10.2. The molecule has 0 aliphatic heterocycles. The number of carbonyl (C=O) groups is 1. The quantitative estimate of drug-likeness (QED) is 0.645. The monoisotopic (exact) mass is 387 g/mol. The first-order valence-electron chi connectivity index (χ1n) is 10.2. The van der Waals surface area contributed by atoms with E-state index >= 15 is 0 Å². The van der Waals surface area contributed by atoms with E-state index in [0.717, 1.165) is 18.4 Å². The van der Waals surface area contributed by atoms with Gasteiger partial charge in [-0.3, -0.25) is 4.79 Å². The van der Waals surface area contributed by atoms with Gasteiger partial charge in [0.2, 0.25) is 5.88 Å². The minimum absolute atomic E-state index is 0.0506. The Bertz CT molecular complexity index is 979. The number of aryl methyl sites for hydroxylation is 1. The van der Waals surface area contributed by atoms with Crippen molar-refractivity contribution in [3.05, 3.63) is 71.9 Å². The summed E-state index contributed by atoms with van der Waals surface area (Å²) in [5.74, 6) is 1.58. The van der Waals surface area contributed by atoms with Gasteiger partial charge in [0.1, 0.15) is 5.75 Å². The molecule has 1 fully saturated rings. The second-order valence-corrected chi connectivity index (χ2v) is 7.52. The molecule has 0 unspecified atom stereocenters. The fraction of sp³-hybridized carbons (Fsp3) is 0.292. The molecular formula is C24H25N3O2. The number of hydrogen-bond donors (Lipinski definition) is 1. The van der Waals surface area contributed by atoms with Crippen LogP contribution in [0, 0.1) is 6.92 Å². The van der Waals surface area contributed by atoms with Crippen molar-refractivity contribution in [1.82, 2.24) is 15.3 Å². The Balaban J connectivity index is 1.47. The molecule has 148 valence electrons. The van der Waals surface area contributed by atoms with Gasteiger partial charge >= 0.3 is 0 Å². The predicted octanol–water partition coefficient (Wildman–Crippen LogP) is 5.31. The summed E-state index contributed by atoms with van der Waals surface area (Å²) >= 11 is 0. The minimum Gasteiger partial charge on any atom is -0.439 e. The van der Waals surface area contributed by atoms with Crippen LogP contribution in [0.4, 0.5) is 0 Å². The number of carbonyl (C=O) groups excluding carboxylic acids is 1. The minimum atomic E-state index is -0.0506. The van der Waals surface area contributed by atoms with E-state index in [2.05, 4.69) is 15.3 Å². The van der Waals surface area contributed by atoms with Crippen molar-refractivity contribution in [3.8, 4) is 23.0 Å². The number of amides is 1. The number of aromatic nitrogens is 2. The van der Waals surface area contributed by atoms with Crippen molar-refractivity contribution in [3.63, 3.8) is 0 Å². The molecule has 1 aliphatic carbocycles. The van der Waals surface area contributed by atoms with E-state index in [1.807, 2.05) is 49.4 Å². The van der Waals surface area contributed by atoms with Crippen molar-refractivity contribution in [1.29, 1.82) is 0 Å². The van der Waals surface area contributed by atoms with E-state index in [0.29, 0.717) is 23.0 Å². The van der Waals surface area contributed by atoms with Crippen LogP contribution in [0.1, 0.15) is 48.0 Å². The number of nitrogens with zero attached hydrogens (tertiary/aromatic N) is 2. The summed E-state index contributed by atoms with van der Waals surface area (Å²) < 4.78 is 5.91. The maximum atomic E-state index is 12.6. The molecule has 0 atom stereocenters. The Kier molecular flexibility index (Phi) is 5.84. The fourth-order valence-electron chi connectivity index (χ4n) is 3.58. The zero-order valence-corrected chi connectivity index (χ0v) is 16.6. The van der Waals surface area contributed by atoms with Crippen molar-refractivity contribution in [2.75, 3.05) is 0 Å². The molecule has 1 amide bonds. The van der Waals surface area contributed by atoms with Gasteiger partial charge in [0.15, 0.2) is 5.82 Å². The molecule has 1 heterocycles. The Morgan fingerprint density at radius 3 is 2.62 bits per heavy atom. The van der Waals surface area contributed by atoms with Crippen LogP contribution < -0.4 is 10.1 Å². The number of benzene rings is 2. The lowest BCUT2D eigenvalue weighted by Crippen LogP contribution is -2.36. The lowest BCUT2D eigenvalue weighted by Gasteiger charge is -2.22. The second kappa shape index (κ2) is 8.86. The van der Waals surface area contributed by atoms with Crippen LogP contribution >= 0.6 is 0 Å². The Morgan fingerprint density at radius 1 is 1.03 bits per heavy atom. The number of hydrogen-bond acceptors (Lipinski definition) is 4. The third-order valence-electron chi connectivity index (χ3n) is 5.20. The van der Waals surface area contributed by atoms with Crippen LogP contribution in [-0.4, -0.2) is 21.9 Å². The average molecular weight is 387 g/mol. The van der Waals surface area contributed by atoms with Gasteiger partial charge < -0.3 is 10.1 Å². The summed E-state index contributed by atoms with van der Waals surface area (Å²) in [6.45, 7) is 2.04. The van der Waals surface area contributed by atoms with Gasteiger partial charge in [-0.05, 0) is 38.0 Å². The molecular weight excluding hydrogens is 362 g/mol. The summed E-state index contributed by atoms with van der Waals surface area (Å²) in [5, 5.41) is 3.14. The molecule has 29 heavy (non-hydrogen) atoms. The fourth-order valence-corrected chi connectivity index (χ4v) is 3.58. The Morgan fingerprint density at radius 2 is 1.83 bits per heavy atom. The first kappa shape index (κ1) is 19.1. The molecule has 0 saturated heterocycles. The Hall–Kier alpha value is -3.21. The molecule has 0 spiro atoms. The van der Waals surface area contributed by atoms with E-state index in [-0.39, 0.29) is 11.9 Å². The zero-order valence-electron chi connectivity index (χ0n) is 16.6. The van der Waals surface area contributed by atoms with Crippen molar-refractivity contribution < 1.29 is 9.53 Å². The van der Waals surface area contributed by atoms with Crippen molar-refractivity contribution >= 4 is 5.91 Å². The third-order valence-corrected chi connectivity index (χ3v) is 5.20. The summed E-state index contributed by atoms with van der Waals surface area (Å²) in [6, 6.07) is 17.2. The van der Waals surface area contributed by atoms with E-state index in [4.69, 9.17) is 4.74 Å². The molecule has 1 N–H and O–H groups in total. The van der Waals surface area contributed by atoms with E-state index in [1.165, 1.54) is 24.8 Å². The SMILES string of the molecule is Cc1ccc(-c2nccc(Oc3cccc(C(=O)NC4CCCCC4)c3)n2)cc1. The summed E-state index contributed by atoms with van der Waals surface area (Å²) in [7, 11) is 0. The average Bonchev–Trinajstić information content (AvgIpc) is 2.75. The Labute approximate surface area is 171 Å².